The largest absolute Gasteiger partial charge is 0.478 e. The summed E-state index contributed by atoms with van der Waals surface area (Å²) in [6, 6.07) is 13.7. The van der Waals surface area contributed by atoms with E-state index in [4.69, 9.17) is 9.52 Å². The predicted octanol–water partition coefficient (Wildman–Crippen LogP) is 5.13. The number of carbonyl (C=O) groups is 2. The van der Waals surface area contributed by atoms with Crippen molar-refractivity contribution in [3.63, 3.8) is 0 Å². The summed E-state index contributed by atoms with van der Waals surface area (Å²) in [7, 11) is 0. The summed E-state index contributed by atoms with van der Waals surface area (Å²) in [5.74, 6) is -1.69. The minimum Gasteiger partial charge on any atom is -0.478 e. The first kappa shape index (κ1) is 17.5. The van der Waals surface area contributed by atoms with Gasteiger partial charge in [0.2, 0.25) is 0 Å². The molecule has 0 radical (unpaired) electrons. The molecule has 2 aromatic carbocycles. The molecule has 1 aromatic heterocycles. The third-order valence-electron chi connectivity index (χ3n) is 4.26. The van der Waals surface area contributed by atoms with E-state index in [0.29, 0.717) is 17.0 Å². The fourth-order valence-corrected chi connectivity index (χ4v) is 2.84. The molecule has 26 heavy (non-hydrogen) atoms. The van der Waals surface area contributed by atoms with Gasteiger partial charge in [-0.3, -0.25) is 0 Å². The van der Waals surface area contributed by atoms with Gasteiger partial charge in [0, 0.05) is 11.1 Å². The minimum atomic E-state index is -1.13. The van der Waals surface area contributed by atoms with Crippen LogP contribution in [0, 0.1) is 0 Å². The van der Waals surface area contributed by atoms with Gasteiger partial charge in [0.25, 0.3) is 0 Å². The van der Waals surface area contributed by atoms with Gasteiger partial charge in [-0.1, -0.05) is 50.2 Å². The molecule has 3 aromatic rings. The predicted molar refractivity (Wildman–Crippen MR) is 97.6 cm³/mol. The Morgan fingerprint density at radius 3 is 2.19 bits per heavy atom. The second-order valence-corrected chi connectivity index (χ2v) is 6.32. The Balaban J connectivity index is 2.11. The molecule has 5 nitrogen and oxygen atoms in total. The Morgan fingerprint density at radius 1 is 0.923 bits per heavy atom. The zero-order valence-corrected chi connectivity index (χ0v) is 14.4. The van der Waals surface area contributed by atoms with E-state index in [9.17, 15) is 14.7 Å². The molecule has 0 atom stereocenters. The summed E-state index contributed by atoms with van der Waals surface area (Å²) >= 11 is 0. The van der Waals surface area contributed by atoms with Gasteiger partial charge in [-0.05, 0) is 29.2 Å². The molecule has 0 saturated heterocycles. The summed E-state index contributed by atoms with van der Waals surface area (Å²) in [5.41, 5.74) is 2.85. The average Bonchev–Trinajstić information content (AvgIpc) is 3.07. The van der Waals surface area contributed by atoms with Crippen LogP contribution in [0.4, 0.5) is 0 Å². The third-order valence-corrected chi connectivity index (χ3v) is 4.26. The average molecular weight is 350 g/mol. The lowest BCUT2D eigenvalue weighted by atomic mass is 9.96. The first-order valence-electron chi connectivity index (χ1n) is 8.17. The smallest absolute Gasteiger partial charge is 0.340 e. The number of rotatable bonds is 5. The van der Waals surface area contributed by atoms with Crippen LogP contribution < -0.4 is 0 Å². The number of carboxylic acids is 2. The highest BCUT2D eigenvalue weighted by Gasteiger charge is 2.23. The lowest BCUT2D eigenvalue weighted by Gasteiger charge is -2.07. The Hall–Kier alpha value is -3.34. The molecule has 132 valence electrons. The highest BCUT2D eigenvalue weighted by atomic mass is 16.4. The van der Waals surface area contributed by atoms with E-state index < -0.39 is 11.9 Å². The molecule has 0 fully saturated rings. The number of carboxylic acid groups (broad SMARTS) is 2. The van der Waals surface area contributed by atoms with Crippen LogP contribution in [0.15, 0.2) is 59.2 Å². The highest BCUT2D eigenvalue weighted by molar-refractivity contribution is 6.02. The molecular formula is C21H18O5. The van der Waals surface area contributed by atoms with Crippen LogP contribution in [0.1, 0.15) is 46.0 Å². The summed E-state index contributed by atoms with van der Waals surface area (Å²) in [5, 5.41) is 18.8. The van der Waals surface area contributed by atoms with E-state index >= 15 is 0 Å². The lowest BCUT2D eigenvalue weighted by Crippen LogP contribution is -2.00. The maximum absolute atomic E-state index is 11.9. The monoisotopic (exact) mass is 350 g/mol. The number of aromatic carboxylic acids is 2. The molecule has 0 aliphatic rings. The maximum Gasteiger partial charge on any atom is 0.340 e. The molecule has 1 heterocycles. The summed E-state index contributed by atoms with van der Waals surface area (Å²) in [4.78, 5) is 23.0. The van der Waals surface area contributed by atoms with Crippen LogP contribution >= 0.6 is 0 Å². The quantitative estimate of drug-likeness (QED) is 0.666. The second-order valence-electron chi connectivity index (χ2n) is 6.32. The topological polar surface area (TPSA) is 87.7 Å². The van der Waals surface area contributed by atoms with Gasteiger partial charge >= 0.3 is 11.9 Å². The Bertz CT molecular complexity index is 964. The molecule has 2 N–H and O–H groups in total. The highest BCUT2D eigenvalue weighted by Crippen LogP contribution is 2.35. The number of hydrogen-bond donors (Lipinski definition) is 2. The van der Waals surface area contributed by atoms with E-state index in [1.54, 1.807) is 12.1 Å². The SMILES string of the molecule is CC(C)c1ccc(-c2coc(-c3cccc(C(=O)O)c3)c2C(=O)O)cc1. The molecule has 0 aliphatic heterocycles. The molecule has 3 rings (SSSR count). The van der Waals surface area contributed by atoms with Crippen molar-refractivity contribution < 1.29 is 24.2 Å². The van der Waals surface area contributed by atoms with Gasteiger partial charge in [-0.2, -0.15) is 0 Å². The van der Waals surface area contributed by atoms with Gasteiger partial charge in [-0.15, -0.1) is 0 Å². The number of benzene rings is 2. The van der Waals surface area contributed by atoms with Crippen LogP contribution in [-0.4, -0.2) is 22.2 Å². The zero-order valence-electron chi connectivity index (χ0n) is 14.4. The summed E-state index contributed by atoms with van der Waals surface area (Å²) in [6.45, 7) is 4.17. The Kier molecular flexibility index (Phi) is 4.63. The first-order chi connectivity index (χ1) is 12.4. The van der Waals surface area contributed by atoms with E-state index in [-0.39, 0.29) is 16.9 Å². The van der Waals surface area contributed by atoms with Crippen molar-refractivity contribution >= 4 is 11.9 Å². The lowest BCUT2D eigenvalue weighted by molar-refractivity contribution is 0.0687. The van der Waals surface area contributed by atoms with Crippen LogP contribution in [0.2, 0.25) is 0 Å². The van der Waals surface area contributed by atoms with Crippen molar-refractivity contribution in [2.75, 3.05) is 0 Å². The minimum absolute atomic E-state index is 0.0184. The summed E-state index contributed by atoms with van der Waals surface area (Å²) in [6.07, 6.45) is 1.40. The van der Waals surface area contributed by atoms with Gasteiger partial charge in [0.1, 0.15) is 11.3 Å². The fraction of sp³-hybridized carbons (Fsp3) is 0.143. The Labute approximate surface area is 150 Å². The van der Waals surface area contributed by atoms with Crippen molar-refractivity contribution in [1.82, 2.24) is 0 Å². The van der Waals surface area contributed by atoms with Crippen LogP contribution in [0.3, 0.4) is 0 Å². The van der Waals surface area contributed by atoms with Crippen molar-refractivity contribution in [3.8, 4) is 22.5 Å². The number of hydrogen-bond acceptors (Lipinski definition) is 3. The van der Waals surface area contributed by atoms with E-state index in [2.05, 4.69) is 13.8 Å². The summed E-state index contributed by atoms with van der Waals surface area (Å²) < 4.78 is 5.54. The van der Waals surface area contributed by atoms with Crippen molar-refractivity contribution in [2.24, 2.45) is 0 Å². The van der Waals surface area contributed by atoms with Crippen molar-refractivity contribution in [3.05, 3.63) is 71.5 Å². The van der Waals surface area contributed by atoms with Crippen LogP contribution in [0.25, 0.3) is 22.5 Å². The molecule has 0 aliphatic carbocycles. The standard InChI is InChI=1S/C21H18O5/c1-12(2)13-6-8-14(9-7-13)17-11-26-19(18(17)21(24)25)15-4-3-5-16(10-15)20(22)23/h3-12H,1-2H3,(H,22,23)(H,24,25). The van der Waals surface area contributed by atoms with E-state index in [1.807, 2.05) is 24.3 Å². The van der Waals surface area contributed by atoms with E-state index in [1.165, 1.54) is 18.4 Å². The maximum atomic E-state index is 11.9. The molecule has 0 unspecified atom stereocenters. The molecular weight excluding hydrogens is 332 g/mol. The number of furan rings is 1. The third kappa shape index (κ3) is 3.24. The van der Waals surface area contributed by atoms with Gasteiger partial charge in [-0.25, -0.2) is 9.59 Å². The van der Waals surface area contributed by atoms with Crippen molar-refractivity contribution in [1.29, 1.82) is 0 Å². The molecule has 0 bridgehead atoms. The first-order valence-corrected chi connectivity index (χ1v) is 8.17. The zero-order chi connectivity index (χ0) is 18.8. The van der Waals surface area contributed by atoms with Crippen LogP contribution in [-0.2, 0) is 0 Å². The fourth-order valence-electron chi connectivity index (χ4n) is 2.84. The van der Waals surface area contributed by atoms with Crippen LogP contribution in [0.5, 0.6) is 0 Å². The van der Waals surface area contributed by atoms with Crippen molar-refractivity contribution in [2.45, 2.75) is 19.8 Å². The van der Waals surface area contributed by atoms with Gasteiger partial charge in [0.05, 0.1) is 11.8 Å². The molecule has 0 saturated carbocycles. The Morgan fingerprint density at radius 2 is 1.62 bits per heavy atom. The second kappa shape index (κ2) is 6.88. The van der Waals surface area contributed by atoms with Gasteiger partial charge in [0.15, 0.2) is 0 Å². The van der Waals surface area contributed by atoms with Gasteiger partial charge < -0.3 is 14.6 Å². The molecule has 0 spiro atoms. The molecule has 5 heteroatoms. The normalized spacial score (nSPS) is 10.9. The molecule has 0 amide bonds. The van der Waals surface area contributed by atoms with E-state index in [0.717, 1.165) is 11.1 Å².